The summed E-state index contributed by atoms with van der Waals surface area (Å²) in [5.41, 5.74) is 0.0918. The van der Waals surface area contributed by atoms with Crippen LogP contribution in [-0.4, -0.2) is 24.1 Å². The van der Waals surface area contributed by atoms with Crippen molar-refractivity contribution < 1.29 is 9.31 Å². The summed E-state index contributed by atoms with van der Waals surface area (Å²) in [6.45, 7) is 1.71. The zero-order valence-corrected chi connectivity index (χ0v) is 9.99. The van der Waals surface area contributed by atoms with Crippen LogP contribution in [0.2, 0.25) is 0 Å². The average molecular weight is 253 g/mol. The number of nitrogens with zero attached hydrogens (tertiary/aromatic N) is 1. The molecule has 1 fully saturated rings. The number of non-ortho nitro benzene ring substituents is 1. The van der Waals surface area contributed by atoms with E-state index in [0.29, 0.717) is 18.3 Å². The predicted octanol–water partition coefficient (Wildman–Crippen LogP) is 2.29. The van der Waals surface area contributed by atoms with Crippen molar-refractivity contribution in [1.29, 1.82) is 0 Å². The van der Waals surface area contributed by atoms with Crippen molar-refractivity contribution >= 4 is 11.4 Å². The molecule has 1 saturated heterocycles. The molecule has 1 aliphatic heterocycles. The van der Waals surface area contributed by atoms with Crippen LogP contribution in [0.4, 0.5) is 15.8 Å². The first kappa shape index (κ1) is 12.8. The molecule has 0 aromatic heterocycles. The Morgan fingerprint density at radius 1 is 1.56 bits per heavy atom. The smallest absolute Gasteiger partial charge is 0.272 e. The number of benzene rings is 1. The average Bonchev–Trinajstić information content (AvgIpc) is 2.84. The second-order valence-electron chi connectivity index (χ2n) is 4.43. The monoisotopic (exact) mass is 253 g/mol. The number of hydrogen-bond donors (Lipinski definition) is 2. The minimum atomic E-state index is -0.602. The molecule has 0 spiro atoms. The van der Waals surface area contributed by atoms with Gasteiger partial charge in [-0.15, -0.1) is 0 Å². The van der Waals surface area contributed by atoms with Gasteiger partial charge in [-0.2, -0.15) is 0 Å². The number of rotatable bonds is 5. The van der Waals surface area contributed by atoms with Crippen molar-refractivity contribution in [2.75, 3.05) is 18.4 Å². The van der Waals surface area contributed by atoms with Crippen molar-refractivity contribution in [2.45, 2.75) is 25.3 Å². The first-order chi connectivity index (χ1) is 8.66. The fourth-order valence-electron chi connectivity index (χ4n) is 2.15. The third-order valence-corrected chi connectivity index (χ3v) is 3.13. The SMILES string of the molecule is O=[N+]([O-])c1ccc(NCCC2CCCN2)c(F)c1. The van der Waals surface area contributed by atoms with Gasteiger partial charge >= 0.3 is 0 Å². The van der Waals surface area contributed by atoms with Crippen LogP contribution in [0.5, 0.6) is 0 Å². The zero-order chi connectivity index (χ0) is 13.0. The summed E-state index contributed by atoms with van der Waals surface area (Å²) >= 11 is 0. The summed E-state index contributed by atoms with van der Waals surface area (Å²) < 4.78 is 13.5. The van der Waals surface area contributed by atoms with E-state index in [2.05, 4.69) is 10.6 Å². The quantitative estimate of drug-likeness (QED) is 0.624. The van der Waals surface area contributed by atoms with Crippen LogP contribution in [-0.2, 0) is 0 Å². The summed E-state index contributed by atoms with van der Waals surface area (Å²) in [7, 11) is 0. The van der Waals surface area contributed by atoms with E-state index in [1.54, 1.807) is 0 Å². The maximum absolute atomic E-state index is 13.5. The van der Waals surface area contributed by atoms with Crippen molar-refractivity contribution in [3.8, 4) is 0 Å². The second kappa shape index (κ2) is 5.77. The van der Waals surface area contributed by atoms with Crippen LogP contribution in [0.25, 0.3) is 0 Å². The Hall–Kier alpha value is -1.69. The lowest BCUT2D eigenvalue weighted by molar-refractivity contribution is -0.385. The van der Waals surface area contributed by atoms with Crippen molar-refractivity contribution in [2.24, 2.45) is 0 Å². The minimum absolute atomic E-state index is 0.226. The highest BCUT2D eigenvalue weighted by molar-refractivity contribution is 5.50. The Morgan fingerprint density at radius 2 is 2.39 bits per heavy atom. The first-order valence-electron chi connectivity index (χ1n) is 6.08. The summed E-state index contributed by atoms with van der Waals surface area (Å²) in [4.78, 5) is 9.86. The standard InChI is InChI=1S/C12H16FN3O2/c13-11-8-10(16(17)18)3-4-12(11)15-7-5-9-2-1-6-14-9/h3-4,8-9,14-15H,1-2,5-7H2. The molecule has 98 valence electrons. The molecule has 0 bridgehead atoms. The summed E-state index contributed by atoms with van der Waals surface area (Å²) in [6.07, 6.45) is 3.28. The highest BCUT2D eigenvalue weighted by atomic mass is 19.1. The van der Waals surface area contributed by atoms with Crippen LogP contribution in [0.1, 0.15) is 19.3 Å². The van der Waals surface area contributed by atoms with Crippen LogP contribution < -0.4 is 10.6 Å². The molecular weight excluding hydrogens is 237 g/mol. The van der Waals surface area contributed by atoms with Crippen LogP contribution >= 0.6 is 0 Å². The largest absolute Gasteiger partial charge is 0.383 e. The Morgan fingerprint density at radius 3 is 3.00 bits per heavy atom. The number of halogens is 1. The van der Waals surface area contributed by atoms with E-state index in [1.165, 1.54) is 18.6 Å². The minimum Gasteiger partial charge on any atom is -0.383 e. The lowest BCUT2D eigenvalue weighted by Crippen LogP contribution is -2.24. The molecule has 0 aliphatic carbocycles. The number of nitro groups is 1. The molecule has 2 rings (SSSR count). The molecule has 1 unspecified atom stereocenters. The number of nitrogens with one attached hydrogen (secondary N) is 2. The summed E-state index contributed by atoms with van der Waals surface area (Å²) in [5, 5.41) is 16.8. The molecule has 1 aromatic rings. The molecule has 2 N–H and O–H groups in total. The van der Waals surface area contributed by atoms with Gasteiger partial charge in [0.15, 0.2) is 5.82 Å². The zero-order valence-electron chi connectivity index (χ0n) is 9.99. The van der Waals surface area contributed by atoms with Crippen molar-refractivity contribution in [3.05, 3.63) is 34.1 Å². The normalized spacial score (nSPS) is 18.8. The van der Waals surface area contributed by atoms with E-state index in [1.807, 2.05) is 0 Å². The van der Waals surface area contributed by atoms with Gasteiger partial charge in [-0.25, -0.2) is 4.39 Å². The molecule has 1 atom stereocenters. The highest BCUT2D eigenvalue weighted by Crippen LogP contribution is 2.20. The van der Waals surface area contributed by atoms with E-state index in [4.69, 9.17) is 0 Å². The van der Waals surface area contributed by atoms with E-state index in [9.17, 15) is 14.5 Å². The molecule has 1 aromatic carbocycles. The topological polar surface area (TPSA) is 67.2 Å². The van der Waals surface area contributed by atoms with E-state index < -0.39 is 10.7 Å². The van der Waals surface area contributed by atoms with Gasteiger partial charge in [0, 0.05) is 18.7 Å². The van der Waals surface area contributed by atoms with Crippen LogP contribution in [0.3, 0.4) is 0 Å². The maximum atomic E-state index is 13.5. The second-order valence-corrected chi connectivity index (χ2v) is 4.43. The first-order valence-corrected chi connectivity index (χ1v) is 6.08. The fraction of sp³-hybridized carbons (Fsp3) is 0.500. The van der Waals surface area contributed by atoms with Gasteiger partial charge in [-0.3, -0.25) is 10.1 Å². The molecule has 6 heteroatoms. The molecule has 0 amide bonds. The molecule has 0 saturated carbocycles. The lowest BCUT2D eigenvalue weighted by Gasteiger charge is -2.11. The van der Waals surface area contributed by atoms with Crippen LogP contribution in [0.15, 0.2) is 18.2 Å². The number of nitro benzene ring substituents is 1. The predicted molar refractivity (Wildman–Crippen MR) is 67.2 cm³/mol. The maximum Gasteiger partial charge on any atom is 0.272 e. The van der Waals surface area contributed by atoms with Crippen molar-refractivity contribution in [3.63, 3.8) is 0 Å². The van der Waals surface area contributed by atoms with Gasteiger partial charge in [0.25, 0.3) is 5.69 Å². The Labute approximate surface area is 105 Å². The van der Waals surface area contributed by atoms with Gasteiger partial charge in [0.2, 0.25) is 0 Å². The van der Waals surface area contributed by atoms with Gasteiger partial charge in [-0.05, 0) is 31.9 Å². The summed E-state index contributed by atoms with van der Waals surface area (Å²) in [5.74, 6) is -0.580. The molecule has 5 nitrogen and oxygen atoms in total. The van der Waals surface area contributed by atoms with E-state index in [-0.39, 0.29) is 5.69 Å². The Bertz CT molecular complexity index is 433. The number of hydrogen-bond acceptors (Lipinski definition) is 4. The molecule has 1 aliphatic rings. The highest BCUT2D eigenvalue weighted by Gasteiger charge is 2.14. The van der Waals surface area contributed by atoms with Gasteiger partial charge in [0.1, 0.15) is 0 Å². The van der Waals surface area contributed by atoms with Gasteiger partial charge < -0.3 is 10.6 Å². The summed E-state index contributed by atoms with van der Waals surface area (Å²) in [6, 6.07) is 4.16. The molecule has 0 radical (unpaired) electrons. The molecule has 18 heavy (non-hydrogen) atoms. The fourth-order valence-corrected chi connectivity index (χ4v) is 2.15. The third-order valence-electron chi connectivity index (χ3n) is 3.13. The Balaban J connectivity index is 1.87. The van der Waals surface area contributed by atoms with Crippen LogP contribution in [0, 0.1) is 15.9 Å². The molecular formula is C12H16FN3O2. The lowest BCUT2D eigenvalue weighted by atomic mass is 10.1. The molecule has 1 heterocycles. The number of anilines is 1. The van der Waals surface area contributed by atoms with Gasteiger partial charge in [0.05, 0.1) is 16.7 Å². The van der Waals surface area contributed by atoms with Crippen molar-refractivity contribution in [1.82, 2.24) is 5.32 Å². The third kappa shape index (κ3) is 3.16. The van der Waals surface area contributed by atoms with E-state index >= 15 is 0 Å². The van der Waals surface area contributed by atoms with E-state index in [0.717, 1.165) is 25.5 Å². The Kier molecular flexibility index (Phi) is 4.09. The van der Waals surface area contributed by atoms with Gasteiger partial charge in [-0.1, -0.05) is 0 Å².